The van der Waals surface area contributed by atoms with Gasteiger partial charge in [-0.2, -0.15) is 5.10 Å². The van der Waals surface area contributed by atoms with E-state index in [0.717, 1.165) is 5.56 Å². The van der Waals surface area contributed by atoms with Gasteiger partial charge in [-0.3, -0.25) is 4.79 Å². The van der Waals surface area contributed by atoms with E-state index in [2.05, 4.69) is 10.4 Å². The maximum atomic E-state index is 14.0. The Hall–Kier alpha value is -3.02. The van der Waals surface area contributed by atoms with E-state index in [1.54, 1.807) is 43.7 Å². The average molecular weight is 341 g/mol. The lowest BCUT2D eigenvalue weighted by Crippen LogP contribution is -2.15. The van der Waals surface area contributed by atoms with E-state index >= 15 is 0 Å². The van der Waals surface area contributed by atoms with Gasteiger partial charge in [0.2, 0.25) is 0 Å². The first-order valence-corrected chi connectivity index (χ1v) is 7.76. The number of hydrogen-bond donors (Lipinski definition) is 1. The monoisotopic (exact) mass is 341 g/mol. The van der Waals surface area contributed by atoms with Crippen LogP contribution in [0.25, 0.3) is 5.69 Å². The van der Waals surface area contributed by atoms with E-state index in [9.17, 15) is 13.6 Å². The first-order chi connectivity index (χ1) is 11.9. The van der Waals surface area contributed by atoms with Crippen molar-refractivity contribution >= 4 is 11.6 Å². The summed E-state index contributed by atoms with van der Waals surface area (Å²) in [5.74, 6) is -1.28. The van der Waals surface area contributed by atoms with Crippen LogP contribution in [0.2, 0.25) is 0 Å². The maximum Gasteiger partial charge on any atom is 0.259 e. The van der Waals surface area contributed by atoms with E-state index in [-0.39, 0.29) is 11.5 Å². The zero-order valence-corrected chi connectivity index (χ0v) is 14.1. The minimum absolute atomic E-state index is 0.115. The molecule has 6 heteroatoms. The summed E-state index contributed by atoms with van der Waals surface area (Å²) < 4.78 is 28.6. The second-order valence-electron chi connectivity index (χ2n) is 5.87. The van der Waals surface area contributed by atoms with Gasteiger partial charge in [0.05, 0.1) is 28.3 Å². The number of benzene rings is 2. The number of hydrogen-bond acceptors (Lipinski definition) is 2. The molecule has 0 aliphatic heterocycles. The standard InChI is InChI=1S/C19H17F2N3O/c1-11-4-9-17(16(21)10-11)22-19(25)18-12(2)23-24(13(18)3)15-7-5-14(20)6-8-15/h4-10H,1-3H3,(H,22,25). The zero-order chi connectivity index (χ0) is 18.1. The van der Waals surface area contributed by atoms with Crippen molar-refractivity contribution in [1.82, 2.24) is 9.78 Å². The molecule has 0 bridgehead atoms. The first kappa shape index (κ1) is 16.8. The lowest BCUT2D eigenvalue weighted by Gasteiger charge is -2.08. The van der Waals surface area contributed by atoms with Crippen molar-refractivity contribution in [1.29, 1.82) is 0 Å². The highest BCUT2D eigenvalue weighted by Gasteiger charge is 2.20. The summed E-state index contributed by atoms with van der Waals surface area (Å²) in [5, 5.41) is 6.93. The molecule has 2 aromatic carbocycles. The lowest BCUT2D eigenvalue weighted by atomic mass is 10.1. The fourth-order valence-corrected chi connectivity index (χ4v) is 2.71. The Balaban J connectivity index is 1.94. The topological polar surface area (TPSA) is 46.9 Å². The molecule has 0 aliphatic carbocycles. The first-order valence-electron chi connectivity index (χ1n) is 7.76. The van der Waals surface area contributed by atoms with Gasteiger partial charge in [-0.15, -0.1) is 0 Å². The molecule has 0 radical (unpaired) electrons. The zero-order valence-electron chi connectivity index (χ0n) is 14.1. The van der Waals surface area contributed by atoms with Crippen LogP contribution in [0.5, 0.6) is 0 Å². The van der Waals surface area contributed by atoms with Gasteiger partial charge in [0.15, 0.2) is 0 Å². The van der Waals surface area contributed by atoms with Crippen molar-refractivity contribution in [2.45, 2.75) is 20.8 Å². The number of halogens is 2. The Morgan fingerprint density at radius 1 is 1.04 bits per heavy atom. The molecule has 4 nitrogen and oxygen atoms in total. The second kappa shape index (κ2) is 6.47. The summed E-state index contributed by atoms with van der Waals surface area (Å²) in [6, 6.07) is 10.4. The largest absolute Gasteiger partial charge is 0.319 e. The van der Waals surface area contributed by atoms with Crippen molar-refractivity contribution in [3.63, 3.8) is 0 Å². The van der Waals surface area contributed by atoms with Crippen LogP contribution in [0.3, 0.4) is 0 Å². The number of rotatable bonds is 3. The van der Waals surface area contributed by atoms with Gasteiger partial charge >= 0.3 is 0 Å². The van der Waals surface area contributed by atoms with Crippen molar-refractivity contribution in [2.75, 3.05) is 5.32 Å². The second-order valence-corrected chi connectivity index (χ2v) is 5.87. The molecule has 0 spiro atoms. The summed E-state index contributed by atoms with van der Waals surface area (Å²) in [6.45, 7) is 5.22. The predicted molar refractivity (Wildman–Crippen MR) is 92.1 cm³/mol. The van der Waals surface area contributed by atoms with Gasteiger partial charge in [0, 0.05) is 0 Å². The van der Waals surface area contributed by atoms with Crippen LogP contribution < -0.4 is 5.32 Å². The quantitative estimate of drug-likeness (QED) is 0.771. The number of nitrogens with one attached hydrogen (secondary N) is 1. The third kappa shape index (κ3) is 3.28. The summed E-state index contributed by atoms with van der Waals surface area (Å²) in [6.07, 6.45) is 0. The molecule has 1 amide bonds. The molecule has 0 atom stereocenters. The number of carbonyl (C=O) groups is 1. The van der Waals surface area contributed by atoms with Crippen LogP contribution in [0, 0.1) is 32.4 Å². The number of carbonyl (C=O) groups excluding carboxylic acids is 1. The molecule has 0 aliphatic rings. The van der Waals surface area contributed by atoms with E-state index in [0.29, 0.717) is 22.6 Å². The maximum absolute atomic E-state index is 14.0. The van der Waals surface area contributed by atoms with E-state index < -0.39 is 11.7 Å². The number of anilines is 1. The van der Waals surface area contributed by atoms with Gasteiger partial charge in [-0.1, -0.05) is 6.07 Å². The molecule has 25 heavy (non-hydrogen) atoms. The molecule has 1 heterocycles. The summed E-state index contributed by atoms with van der Waals surface area (Å²) in [5.41, 5.74) is 2.99. The Kier molecular flexibility index (Phi) is 4.35. The smallest absolute Gasteiger partial charge is 0.259 e. The van der Waals surface area contributed by atoms with Gasteiger partial charge in [0.1, 0.15) is 11.6 Å². The molecular weight excluding hydrogens is 324 g/mol. The molecule has 1 aromatic heterocycles. The Morgan fingerprint density at radius 3 is 2.36 bits per heavy atom. The SMILES string of the molecule is Cc1ccc(NC(=O)c2c(C)nn(-c3ccc(F)cc3)c2C)c(F)c1. The highest BCUT2D eigenvalue weighted by atomic mass is 19.1. The fourth-order valence-electron chi connectivity index (χ4n) is 2.71. The van der Waals surface area contributed by atoms with E-state index in [4.69, 9.17) is 0 Å². The Morgan fingerprint density at radius 2 is 1.72 bits per heavy atom. The normalized spacial score (nSPS) is 10.8. The Labute approximate surface area is 144 Å². The van der Waals surface area contributed by atoms with Crippen molar-refractivity contribution in [2.24, 2.45) is 0 Å². The molecule has 1 N–H and O–H groups in total. The van der Waals surface area contributed by atoms with Crippen LogP contribution in [-0.4, -0.2) is 15.7 Å². The van der Waals surface area contributed by atoms with Crippen LogP contribution in [0.4, 0.5) is 14.5 Å². The summed E-state index contributed by atoms with van der Waals surface area (Å²) >= 11 is 0. The third-order valence-electron chi connectivity index (χ3n) is 3.96. The van der Waals surface area contributed by atoms with E-state index in [1.807, 2.05) is 0 Å². The summed E-state index contributed by atoms with van der Waals surface area (Å²) in [7, 11) is 0. The fraction of sp³-hybridized carbons (Fsp3) is 0.158. The highest BCUT2D eigenvalue weighted by Crippen LogP contribution is 2.21. The number of aromatic nitrogens is 2. The van der Waals surface area contributed by atoms with Crippen molar-refractivity contribution in [3.8, 4) is 5.69 Å². The van der Waals surface area contributed by atoms with Crippen molar-refractivity contribution in [3.05, 3.63) is 76.6 Å². The minimum atomic E-state index is -0.491. The van der Waals surface area contributed by atoms with Crippen LogP contribution in [0.15, 0.2) is 42.5 Å². The third-order valence-corrected chi connectivity index (χ3v) is 3.96. The average Bonchev–Trinajstić information content (AvgIpc) is 2.85. The van der Waals surface area contributed by atoms with Gasteiger partial charge in [-0.05, 0) is 62.7 Å². The molecule has 3 rings (SSSR count). The lowest BCUT2D eigenvalue weighted by molar-refractivity contribution is 0.102. The number of aryl methyl sites for hydroxylation is 2. The van der Waals surface area contributed by atoms with E-state index in [1.165, 1.54) is 24.3 Å². The van der Waals surface area contributed by atoms with Crippen LogP contribution in [-0.2, 0) is 0 Å². The van der Waals surface area contributed by atoms with Crippen molar-refractivity contribution < 1.29 is 13.6 Å². The molecule has 0 saturated heterocycles. The molecular formula is C19H17F2N3O. The van der Waals surface area contributed by atoms with Crippen LogP contribution in [0.1, 0.15) is 27.3 Å². The number of amides is 1. The molecule has 3 aromatic rings. The van der Waals surface area contributed by atoms with Gasteiger partial charge in [0.25, 0.3) is 5.91 Å². The number of nitrogens with zero attached hydrogens (tertiary/aromatic N) is 2. The van der Waals surface area contributed by atoms with Gasteiger partial charge < -0.3 is 5.32 Å². The molecule has 128 valence electrons. The highest BCUT2D eigenvalue weighted by molar-refractivity contribution is 6.06. The minimum Gasteiger partial charge on any atom is -0.319 e. The van der Waals surface area contributed by atoms with Crippen LogP contribution >= 0.6 is 0 Å². The molecule has 0 unspecified atom stereocenters. The van der Waals surface area contributed by atoms with Gasteiger partial charge in [-0.25, -0.2) is 13.5 Å². The predicted octanol–water partition coefficient (Wildman–Crippen LogP) is 4.33. The Bertz CT molecular complexity index is 946. The molecule has 0 saturated carbocycles. The molecule has 0 fully saturated rings. The summed E-state index contributed by atoms with van der Waals surface area (Å²) in [4.78, 5) is 12.6.